The predicted octanol–water partition coefficient (Wildman–Crippen LogP) is 2.53. The van der Waals surface area contributed by atoms with Crippen LogP contribution in [-0.2, 0) is 0 Å². The first-order valence-corrected chi connectivity index (χ1v) is 7.32. The van der Waals surface area contributed by atoms with Gasteiger partial charge in [0.2, 0.25) is 0 Å². The summed E-state index contributed by atoms with van der Waals surface area (Å²) < 4.78 is 0. The molecule has 0 saturated heterocycles. The van der Waals surface area contributed by atoms with Crippen LogP contribution in [0.2, 0.25) is 0 Å². The Morgan fingerprint density at radius 3 is 2.35 bits per heavy atom. The van der Waals surface area contributed by atoms with Crippen LogP contribution in [0, 0.1) is 17.8 Å². The van der Waals surface area contributed by atoms with Crippen LogP contribution in [0.4, 0.5) is 0 Å². The van der Waals surface area contributed by atoms with E-state index < -0.39 is 0 Å². The number of rotatable bonds is 0. The monoisotopic (exact) mass is 320 g/mol. The van der Waals surface area contributed by atoms with Gasteiger partial charge in [0.1, 0.15) is 0 Å². The Morgan fingerprint density at radius 2 is 1.65 bits per heavy atom. The molecule has 116 valence electrons. The first-order valence-electron chi connectivity index (χ1n) is 7.32. The molecule has 2 aliphatic heterocycles. The highest BCUT2D eigenvalue weighted by Gasteiger charge is 2.30. The molecule has 4 bridgehead atoms. The zero-order valence-corrected chi connectivity index (χ0v) is 13.5. The Morgan fingerprint density at radius 1 is 0.900 bits per heavy atom. The van der Waals surface area contributed by atoms with Gasteiger partial charge in [-0.1, -0.05) is 0 Å². The molecule has 6 heteroatoms. The molecule has 4 rings (SSSR count). The fourth-order valence-electron chi connectivity index (χ4n) is 3.81. The quantitative estimate of drug-likeness (QED) is 0.719. The SMILES string of the molecule is Cl.Cl.NC1=NC2CCC(C1)C2.NC1=NCC2CCC1C2. The summed E-state index contributed by atoms with van der Waals surface area (Å²) in [5, 5.41) is 0. The molecule has 2 aliphatic carbocycles. The van der Waals surface area contributed by atoms with E-state index in [9.17, 15) is 0 Å². The van der Waals surface area contributed by atoms with Crippen LogP contribution in [0.5, 0.6) is 0 Å². The van der Waals surface area contributed by atoms with E-state index in [-0.39, 0.29) is 24.8 Å². The van der Waals surface area contributed by atoms with E-state index >= 15 is 0 Å². The average Bonchev–Trinajstić information content (AvgIpc) is 2.90. The van der Waals surface area contributed by atoms with E-state index in [0.29, 0.717) is 12.0 Å². The zero-order valence-electron chi connectivity index (χ0n) is 11.8. The number of hydrogen-bond donors (Lipinski definition) is 2. The van der Waals surface area contributed by atoms with E-state index in [1.165, 1.54) is 38.5 Å². The summed E-state index contributed by atoms with van der Waals surface area (Å²) >= 11 is 0. The highest BCUT2D eigenvalue weighted by atomic mass is 35.5. The lowest BCUT2D eigenvalue weighted by Crippen LogP contribution is -2.25. The van der Waals surface area contributed by atoms with Gasteiger partial charge in [-0.15, -0.1) is 24.8 Å². The van der Waals surface area contributed by atoms with Gasteiger partial charge in [0.15, 0.2) is 0 Å². The normalized spacial score (nSPS) is 36.6. The third-order valence-corrected chi connectivity index (χ3v) is 4.85. The van der Waals surface area contributed by atoms with E-state index in [1.807, 2.05) is 0 Å². The fraction of sp³-hybridized carbons (Fsp3) is 0.857. The fourth-order valence-corrected chi connectivity index (χ4v) is 3.81. The van der Waals surface area contributed by atoms with Crippen LogP contribution < -0.4 is 11.5 Å². The van der Waals surface area contributed by atoms with Gasteiger partial charge in [-0.2, -0.15) is 0 Å². The van der Waals surface area contributed by atoms with Crippen LogP contribution in [0.25, 0.3) is 0 Å². The highest BCUT2D eigenvalue weighted by molar-refractivity contribution is 5.85. The molecular formula is C14H26Cl2N4. The van der Waals surface area contributed by atoms with Crippen molar-refractivity contribution in [3.8, 4) is 0 Å². The van der Waals surface area contributed by atoms with Gasteiger partial charge in [0.05, 0.1) is 17.7 Å². The predicted molar refractivity (Wildman–Crippen MR) is 89.2 cm³/mol. The third-order valence-electron chi connectivity index (χ3n) is 4.85. The van der Waals surface area contributed by atoms with Crippen molar-refractivity contribution in [3.63, 3.8) is 0 Å². The van der Waals surface area contributed by atoms with Crippen LogP contribution in [-0.4, -0.2) is 24.3 Å². The van der Waals surface area contributed by atoms with Gasteiger partial charge in [-0.25, -0.2) is 0 Å². The van der Waals surface area contributed by atoms with Gasteiger partial charge >= 0.3 is 0 Å². The number of nitrogens with zero attached hydrogens (tertiary/aromatic N) is 2. The number of hydrogen-bond acceptors (Lipinski definition) is 4. The minimum atomic E-state index is 0. The molecule has 2 saturated carbocycles. The zero-order chi connectivity index (χ0) is 12.5. The second-order valence-electron chi connectivity index (χ2n) is 6.30. The number of halogens is 2. The molecule has 4 atom stereocenters. The molecule has 0 amide bonds. The van der Waals surface area contributed by atoms with E-state index in [1.54, 1.807) is 0 Å². The number of fused-ring (bicyclic) bond motifs is 4. The van der Waals surface area contributed by atoms with Crippen LogP contribution in [0.1, 0.15) is 44.9 Å². The van der Waals surface area contributed by atoms with Crippen molar-refractivity contribution in [1.82, 2.24) is 0 Å². The van der Waals surface area contributed by atoms with Crippen molar-refractivity contribution in [2.24, 2.45) is 39.2 Å². The lowest BCUT2D eigenvalue weighted by Gasteiger charge is -2.15. The standard InChI is InChI=1S/2C7H12N2.2ClH/c8-7-6-2-1-5(3-6)4-9-7;8-7-4-5-1-2-6(3-5)9-7;;/h2*5-6H,1-4H2,(H2,8,9);2*1H. The minimum absolute atomic E-state index is 0. The number of nitrogens with two attached hydrogens (primary N) is 2. The first-order chi connectivity index (χ1) is 8.70. The van der Waals surface area contributed by atoms with Gasteiger partial charge < -0.3 is 11.5 Å². The minimum Gasteiger partial charge on any atom is -0.387 e. The number of amidine groups is 2. The maximum absolute atomic E-state index is 5.67. The van der Waals surface area contributed by atoms with E-state index in [4.69, 9.17) is 11.5 Å². The molecular weight excluding hydrogens is 295 g/mol. The topological polar surface area (TPSA) is 76.8 Å². The second-order valence-corrected chi connectivity index (χ2v) is 6.30. The molecule has 4 aliphatic rings. The lowest BCUT2D eigenvalue weighted by atomic mass is 10.0. The van der Waals surface area contributed by atoms with Crippen molar-refractivity contribution in [2.45, 2.75) is 51.0 Å². The number of aliphatic imine (C=N–C) groups is 2. The van der Waals surface area contributed by atoms with Gasteiger partial charge in [-0.3, -0.25) is 9.98 Å². The van der Waals surface area contributed by atoms with Crippen molar-refractivity contribution < 1.29 is 0 Å². The first kappa shape index (κ1) is 17.6. The van der Waals surface area contributed by atoms with Crippen LogP contribution in [0.15, 0.2) is 9.98 Å². The summed E-state index contributed by atoms with van der Waals surface area (Å²) in [6, 6.07) is 0.601. The van der Waals surface area contributed by atoms with Crippen molar-refractivity contribution in [1.29, 1.82) is 0 Å². The van der Waals surface area contributed by atoms with Gasteiger partial charge in [-0.05, 0) is 50.4 Å². The highest BCUT2D eigenvalue weighted by Crippen LogP contribution is 2.34. The largest absolute Gasteiger partial charge is 0.387 e. The summed E-state index contributed by atoms with van der Waals surface area (Å²) in [6.07, 6.45) is 8.97. The molecule has 0 aromatic heterocycles. The summed E-state index contributed by atoms with van der Waals surface area (Å²) in [5.74, 6) is 4.23. The lowest BCUT2D eigenvalue weighted by molar-refractivity contribution is 0.530. The third kappa shape index (κ3) is 4.01. The molecule has 4 nitrogen and oxygen atoms in total. The Balaban J connectivity index is 0.000000182. The molecule has 2 heterocycles. The second kappa shape index (κ2) is 7.51. The smallest absolute Gasteiger partial charge is 0.0968 e. The molecule has 4 N–H and O–H groups in total. The van der Waals surface area contributed by atoms with Crippen molar-refractivity contribution >= 4 is 36.5 Å². The van der Waals surface area contributed by atoms with Crippen molar-refractivity contribution in [2.75, 3.05) is 6.54 Å². The van der Waals surface area contributed by atoms with Crippen LogP contribution in [0.3, 0.4) is 0 Å². The molecule has 0 spiro atoms. The van der Waals surface area contributed by atoms with E-state index in [0.717, 1.165) is 36.5 Å². The maximum Gasteiger partial charge on any atom is 0.0968 e. The summed E-state index contributed by atoms with van der Waals surface area (Å²) in [7, 11) is 0. The molecule has 4 unspecified atom stereocenters. The Labute approximate surface area is 133 Å². The summed E-state index contributed by atoms with van der Waals surface area (Å²) in [4.78, 5) is 8.59. The Bertz CT molecular complexity index is 383. The molecule has 0 aromatic rings. The average molecular weight is 321 g/mol. The Kier molecular flexibility index (Phi) is 6.59. The Hall–Kier alpha value is -0.480. The maximum atomic E-state index is 5.67. The van der Waals surface area contributed by atoms with Crippen LogP contribution >= 0.6 is 24.8 Å². The molecule has 2 fully saturated rings. The van der Waals surface area contributed by atoms with Gasteiger partial charge in [0.25, 0.3) is 0 Å². The van der Waals surface area contributed by atoms with Crippen molar-refractivity contribution in [3.05, 3.63) is 0 Å². The molecule has 20 heavy (non-hydrogen) atoms. The molecule has 0 radical (unpaired) electrons. The van der Waals surface area contributed by atoms with Gasteiger partial charge in [0, 0.05) is 18.9 Å². The summed E-state index contributed by atoms with van der Waals surface area (Å²) in [5.41, 5.74) is 11.3. The molecule has 0 aromatic carbocycles. The van der Waals surface area contributed by atoms with E-state index in [2.05, 4.69) is 9.98 Å². The summed E-state index contributed by atoms with van der Waals surface area (Å²) in [6.45, 7) is 1.00.